The van der Waals surface area contributed by atoms with Crippen LogP contribution in [0.5, 0.6) is 0 Å². The molecule has 2 aromatic rings. The largest absolute Gasteiger partial charge is 0.396 e. The van der Waals surface area contributed by atoms with Crippen LogP contribution in [0.15, 0.2) is 30.3 Å². The number of hydrogen-bond donors (Lipinski definition) is 1. The minimum atomic E-state index is -0.118. The lowest BCUT2D eigenvalue weighted by Gasteiger charge is -2.35. The highest BCUT2D eigenvalue weighted by Gasteiger charge is 2.50. The molecule has 4 rings (SSSR count). The normalized spacial score (nSPS) is 23.7. The van der Waals surface area contributed by atoms with Crippen molar-refractivity contribution in [1.29, 1.82) is 0 Å². The van der Waals surface area contributed by atoms with Gasteiger partial charge in [0.1, 0.15) is 5.82 Å². The maximum absolute atomic E-state index is 9.29. The van der Waals surface area contributed by atoms with Crippen LogP contribution in [-0.2, 0) is 16.7 Å². The molecule has 0 radical (unpaired) electrons. The van der Waals surface area contributed by atoms with Crippen molar-refractivity contribution < 1.29 is 9.84 Å². The molecule has 1 saturated heterocycles. The van der Waals surface area contributed by atoms with Crippen molar-refractivity contribution in [3.8, 4) is 0 Å². The smallest absolute Gasteiger partial charge is 0.161 e. The molecule has 5 heteroatoms. The van der Waals surface area contributed by atoms with Crippen LogP contribution in [0.2, 0.25) is 0 Å². The Labute approximate surface area is 155 Å². The molecule has 1 aliphatic carbocycles. The predicted octanol–water partition coefficient (Wildman–Crippen LogP) is 3.41. The number of rotatable bonds is 6. The molecule has 5 nitrogen and oxygen atoms in total. The van der Waals surface area contributed by atoms with E-state index in [0.29, 0.717) is 12.3 Å². The van der Waals surface area contributed by atoms with E-state index in [9.17, 15) is 5.11 Å². The van der Waals surface area contributed by atoms with E-state index in [1.807, 2.05) is 0 Å². The predicted molar refractivity (Wildman–Crippen MR) is 100 cm³/mol. The van der Waals surface area contributed by atoms with Crippen LogP contribution in [0.3, 0.4) is 0 Å². The fraction of sp³-hybridized carbons (Fsp3) is 0.619. The molecular weight excluding hydrogens is 326 g/mol. The number of aromatic nitrogens is 3. The van der Waals surface area contributed by atoms with Gasteiger partial charge in [-0.15, -0.1) is 0 Å². The van der Waals surface area contributed by atoms with Crippen molar-refractivity contribution >= 4 is 0 Å². The van der Waals surface area contributed by atoms with Gasteiger partial charge in [0.25, 0.3) is 0 Å². The second-order valence-corrected chi connectivity index (χ2v) is 8.34. The lowest BCUT2D eigenvalue weighted by atomic mass is 9.87. The lowest BCUT2D eigenvalue weighted by Crippen LogP contribution is -2.34. The number of aliphatic hydroxyl groups excluding tert-OH is 1. The first-order valence-corrected chi connectivity index (χ1v) is 9.80. The van der Waals surface area contributed by atoms with Gasteiger partial charge in [-0.1, -0.05) is 30.3 Å². The van der Waals surface area contributed by atoms with Crippen LogP contribution >= 0.6 is 0 Å². The zero-order chi connectivity index (χ0) is 18.2. The molecule has 2 fully saturated rings. The van der Waals surface area contributed by atoms with Crippen molar-refractivity contribution in [3.05, 3.63) is 47.5 Å². The summed E-state index contributed by atoms with van der Waals surface area (Å²) in [6.45, 7) is 5.98. The minimum absolute atomic E-state index is 0.0127. The summed E-state index contributed by atoms with van der Waals surface area (Å²) in [6.07, 6.45) is 4.88. The first kappa shape index (κ1) is 17.7. The average Bonchev–Trinajstić information content (AvgIpc) is 3.34. The van der Waals surface area contributed by atoms with Gasteiger partial charge in [-0.3, -0.25) is 0 Å². The van der Waals surface area contributed by atoms with Crippen LogP contribution in [0.1, 0.15) is 69.1 Å². The molecule has 0 spiro atoms. The highest BCUT2D eigenvalue weighted by molar-refractivity contribution is 5.39. The lowest BCUT2D eigenvalue weighted by molar-refractivity contribution is -0.0608. The van der Waals surface area contributed by atoms with E-state index in [2.05, 4.69) is 48.9 Å². The van der Waals surface area contributed by atoms with Crippen LogP contribution in [-0.4, -0.2) is 38.7 Å². The van der Waals surface area contributed by atoms with Gasteiger partial charge >= 0.3 is 0 Å². The Bertz CT molecular complexity index is 750. The first-order chi connectivity index (χ1) is 12.5. The van der Waals surface area contributed by atoms with E-state index >= 15 is 0 Å². The Kier molecular flexibility index (Phi) is 4.61. The molecular formula is C21H29N3O2. The molecule has 1 saturated carbocycles. The van der Waals surface area contributed by atoms with Crippen LogP contribution < -0.4 is 0 Å². The zero-order valence-corrected chi connectivity index (χ0v) is 15.8. The number of aliphatic hydroxyl groups is 1. The van der Waals surface area contributed by atoms with E-state index in [-0.39, 0.29) is 17.6 Å². The van der Waals surface area contributed by atoms with Gasteiger partial charge in [0, 0.05) is 25.7 Å². The molecule has 0 unspecified atom stereocenters. The van der Waals surface area contributed by atoms with E-state index in [1.165, 1.54) is 5.56 Å². The third-order valence-electron chi connectivity index (χ3n) is 5.80. The van der Waals surface area contributed by atoms with E-state index in [1.54, 1.807) is 0 Å². The highest BCUT2D eigenvalue weighted by atomic mass is 16.5. The number of aryl methyl sites for hydroxylation is 1. The van der Waals surface area contributed by atoms with Crippen molar-refractivity contribution in [2.24, 2.45) is 0 Å². The molecule has 1 aromatic carbocycles. The van der Waals surface area contributed by atoms with E-state index in [0.717, 1.165) is 50.5 Å². The minimum Gasteiger partial charge on any atom is -0.396 e. The Morgan fingerprint density at radius 3 is 2.65 bits per heavy atom. The van der Waals surface area contributed by atoms with Gasteiger partial charge < -0.3 is 9.84 Å². The summed E-state index contributed by atoms with van der Waals surface area (Å²) in [5.41, 5.74) is 1.19. The second kappa shape index (κ2) is 6.78. The van der Waals surface area contributed by atoms with E-state index < -0.39 is 0 Å². The van der Waals surface area contributed by atoms with Crippen LogP contribution in [0.25, 0.3) is 0 Å². The summed E-state index contributed by atoms with van der Waals surface area (Å²) in [5.74, 6) is 2.40. The van der Waals surface area contributed by atoms with Crippen molar-refractivity contribution in [1.82, 2.24) is 14.8 Å². The summed E-state index contributed by atoms with van der Waals surface area (Å²) >= 11 is 0. The molecule has 0 amide bonds. The topological polar surface area (TPSA) is 60.2 Å². The SMILES string of the molecule is CC1(C)C[C@@H](c2nc(C3(c4ccccc4)CC3)nn2CCCO)CCO1. The Hall–Kier alpha value is -1.72. The molecule has 1 aliphatic heterocycles. The van der Waals surface area contributed by atoms with Gasteiger partial charge in [-0.2, -0.15) is 5.10 Å². The summed E-state index contributed by atoms with van der Waals surface area (Å²) in [7, 11) is 0. The molecule has 1 aromatic heterocycles. The molecule has 2 aliphatic rings. The van der Waals surface area contributed by atoms with Gasteiger partial charge in [-0.05, 0) is 51.5 Å². The van der Waals surface area contributed by atoms with E-state index in [4.69, 9.17) is 14.8 Å². The Balaban J connectivity index is 1.68. The van der Waals surface area contributed by atoms with Gasteiger partial charge in [0.05, 0.1) is 11.0 Å². The number of nitrogens with zero attached hydrogens (tertiary/aromatic N) is 3. The van der Waals surface area contributed by atoms with Crippen LogP contribution in [0, 0.1) is 0 Å². The maximum atomic E-state index is 9.29. The summed E-state index contributed by atoms with van der Waals surface area (Å²) < 4.78 is 7.95. The molecule has 2 heterocycles. The summed E-state index contributed by atoms with van der Waals surface area (Å²) in [6, 6.07) is 10.6. The maximum Gasteiger partial charge on any atom is 0.161 e. The fourth-order valence-corrected chi connectivity index (χ4v) is 4.22. The Morgan fingerprint density at radius 1 is 1.23 bits per heavy atom. The third kappa shape index (κ3) is 3.30. The zero-order valence-electron chi connectivity index (χ0n) is 15.8. The standard InChI is InChI=1S/C21H29N3O2/c1-20(2)15-16(9-14-26-20)18-22-19(23-24(18)12-6-13-25)21(10-11-21)17-7-4-3-5-8-17/h3-5,7-8,16,25H,6,9-15H2,1-2H3/t16-/m0/s1. The number of hydrogen-bond acceptors (Lipinski definition) is 4. The Morgan fingerprint density at radius 2 is 2.00 bits per heavy atom. The third-order valence-corrected chi connectivity index (χ3v) is 5.80. The first-order valence-electron chi connectivity index (χ1n) is 9.80. The number of ether oxygens (including phenoxy) is 1. The monoisotopic (exact) mass is 355 g/mol. The summed E-state index contributed by atoms with van der Waals surface area (Å²) in [5, 5.41) is 14.2. The summed E-state index contributed by atoms with van der Waals surface area (Å²) in [4.78, 5) is 5.08. The quantitative estimate of drug-likeness (QED) is 0.863. The molecule has 0 bridgehead atoms. The van der Waals surface area contributed by atoms with Crippen molar-refractivity contribution in [3.63, 3.8) is 0 Å². The van der Waals surface area contributed by atoms with Crippen molar-refractivity contribution in [2.45, 2.75) is 69.4 Å². The molecule has 140 valence electrons. The molecule has 26 heavy (non-hydrogen) atoms. The van der Waals surface area contributed by atoms with Gasteiger partial charge in [0.2, 0.25) is 0 Å². The fourth-order valence-electron chi connectivity index (χ4n) is 4.22. The van der Waals surface area contributed by atoms with Crippen LogP contribution in [0.4, 0.5) is 0 Å². The molecule has 1 N–H and O–H groups in total. The van der Waals surface area contributed by atoms with Crippen molar-refractivity contribution in [2.75, 3.05) is 13.2 Å². The average molecular weight is 355 g/mol. The number of benzene rings is 1. The van der Waals surface area contributed by atoms with Gasteiger partial charge in [-0.25, -0.2) is 9.67 Å². The molecule has 1 atom stereocenters. The highest BCUT2D eigenvalue weighted by Crippen LogP contribution is 2.52. The second-order valence-electron chi connectivity index (χ2n) is 8.34. The van der Waals surface area contributed by atoms with Gasteiger partial charge in [0.15, 0.2) is 5.82 Å².